The van der Waals surface area contributed by atoms with Gasteiger partial charge in [0.15, 0.2) is 5.65 Å². The Kier molecular flexibility index (Phi) is 3.97. The highest BCUT2D eigenvalue weighted by atomic mass is 16.1. The number of hydrogen-bond acceptors (Lipinski definition) is 5. The summed E-state index contributed by atoms with van der Waals surface area (Å²) in [5.74, 6) is 2.05. The zero-order valence-electron chi connectivity index (χ0n) is 16.9. The van der Waals surface area contributed by atoms with Crippen molar-refractivity contribution in [2.24, 2.45) is 0 Å². The molecule has 1 saturated heterocycles. The number of imidazole rings is 1. The second kappa shape index (κ2) is 6.43. The number of aromatic nitrogens is 6. The molecule has 1 aliphatic heterocycles. The van der Waals surface area contributed by atoms with Crippen LogP contribution < -0.4 is 10.5 Å². The fraction of sp³-hybridized carbons (Fsp3) is 0.429. The van der Waals surface area contributed by atoms with E-state index in [0.29, 0.717) is 22.9 Å². The molecule has 1 fully saturated rings. The molecular formula is C21H25N7O. The van der Waals surface area contributed by atoms with E-state index in [0.717, 1.165) is 42.8 Å². The molecule has 0 bridgehead atoms. The summed E-state index contributed by atoms with van der Waals surface area (Å²) in [7, 11) is 0. The maximum atomic E-state index is 12.6. The number of fused-ring (bicyclic) bond motifs is 2. The molecule has 1 aromatic carbocycles. The summed E-state index contributed by atoms with van der Waals surface area (Å²) in [5, 5.41) is 4.92. The number of benzene rings is 1. The van der Waals surface area contributed by atoms with Gasteiger partial charge in [-0.3, -0.25) is 9.78 Å². The summed E-state index contributed by atoms with van der Waals surface area (Å²) < 4.78 is 1.82. The normalized spacial score (nSPS) is 16.2. The van der Waals surface area contributed by atoms with Crippen molar-refractivity contribution in [3.8, 4) is 0 Å². The first-order chi connectivity index (χ1) is 13.9. The highest BCUT2D eigenvalue weighted by Gasteiger charge is 2.26. The average molecular weight is 391 g/mol. The number of hydrogen-bond donors (Lipinski definition) is 2. The smallest absolute Gasteiger partial charge is 0.263 e. The van der Waals surface area contributed by atoms with Gasteiger partial charge in [-0.1, -0.05) is 12.1 Å². The van der Waals surface area contributed by atoms with Crippen molar-refractivity contribution in [1.29, 1.82) is 0 Å². The van der Waals surface area contributed by atoms with Gasteiger partial charge < -0.3 is 9.88 Å². The molecule has 0 unspecified atom stereocenters. The summed E-state index contributed by atoms with van der Waals surface area (Å²) in [6, 6.07) is 8.12. The third-order valence-electron chi connectivity index (χ3n) is 5.65. The first-order valence-corrected chi connectivity index (χ1v) is 10.1. The number of rotatable bonds is 2. The second-order valence-corrected chi connectivity index (χ2v) is 8.75. The molecule has 0 radical (unpaired) electrons. The Balaban J connectivity index is 1.40. The van der Waals surface area contributed by atoms with Gasteiger partial charge in [0, 0.05) is 19.0 Å². The third kappa shape index (κ3) is 3.08. The summed E-state index contributed by atoms with van der Waals surface area (Å²) >= 11 is 0. The Hall–Kier alpha value is -3.16. The monoisotopic (exact) mass is 391 g/mol. The molecule has 1 aliphatic rings. The Morgan fingerprint density at radius 3 is 2.55 bits per heavy atom. The largest absolute Gasteiger partial charge is 0.342 e. The number of nitrogens with zero attached hydrogens (tertiary/aromatic N) is 5. The quantitative estimate of drug-likeness (QED) is 0.547. The minimum atomic E-state index is -0.242. The number of para-hydroxylation sites is 2. The molecule has 150 valence electrons. The Morgan fingerprint density at radius 1 is 1.07 bits per heavy atom. The van der Waals surface area contributed by atoms with E-state index in [1.54, 1.807) is 6.20 Å². The van der Waals surface area contributed by atoms with Gasteiger partial charge in [0.1, 0.15) is 11.2 Å². The van der Waals surface area contributed by atoms with Gasteiger partial charge in [-0.25, -0.2) is 9.67 Å². The number of piperidine rings is 1. The lowest BCUT2D eigenvalue weighted by Crippen LogP contribution is -2.35. The Labute approximate surface area is 168 Å². The van der Waals surface area contributed by atoms with Crippen molar-refractivity contribution in [2.45, 2.75) is 45.1 Å². The molecule has 5 rings (SSSR count). The van der Waals surface area contributed by atoms with E-state index in [-0.39, 0.29) is 11.1 Å². The van der Waals surface area contributed by atoms with Crippen LogP contribution in [-0.2, 0) is 5.54 Å². The van der Waals surface area contributed by atoms with Crippen LogP contribution in [0, 0.1) is 0 Å². The Bertz CT molecular complexity index is 1200. The van der Waals surface area contributed by atoms with Crippen LogP contribution in [0.25, 0.3) is 22.1 Å². The van der Waals surface area contributed by atoms with Gasteiger partial charge in [-0.2, -0.15) is 10.1 Å². The fourth-order valence-electron chi connectivity index (χ4n) is 4.08. The van der Waals surface area contributed by atoms with Crippen LogP contribution in [0.15, 0.2) is 35.3 Å². The van der Waals surface area contributed by atoms with E-state index < -0.39 is 0 Å². The van der Waals surface area contributed by atoms with Crippen LogP contribution >= 0.6 is 0 Å². The lowest BCUT2D eigenvalue weighted by Gasteiger charge is -2.31. The maximum Gasteiger partial charge on any atom is 0.263 e. The number of nitrogens with one attached hydrogen (secondary N) is 2. The van der Waals surface area contributed by atoms with E-state index in [1.807, 2.05) is 22.9 Å². The van der Waals surface area contributed by atoms with Crippen molar-refractivity contribution in [1.82, 2.24) is 29.7 Å². The number of H-pyrrole nitrogens is 2. The lowest BCUT2D eigenvalue weighted by atomic mass is 9.96. The van der Waals surface area contributed by atoms with Gasteiger partial charge >= 0.3 is 0 Å². The van der Waals surface area contributed by atoms with Crippen LogP contribution in [0.3, 0.4) is 0 Å². The minimum absolute atomic E-state index is 0.139. The molecule has 29 heavy (non-hydrogen) atoms. The third-order valence-corrected chi connectivity index (χ3v) is 5.65. The molecule has 4 heterocycles. The van der Waals surface area contributed by atoms with E-state index >= 15 is 0 Å². The van der Waals surface area contributed by atoms with Crippen molar-refractivity contribution >= 4 is 28.0 Å². The molecule has 8 nitrogen and oxygen atoms in total. The zero-order valence-corrected chi connectivity index (χ0v) is 16.9. The summed E-state index contributed by atoms with van der Waals surface area (Å²) in [4.78, 5) is 30.7. The van der Waals surface area contributed by atoms with Crippen LogP contribution in [0.2, 0.25) is 0 Å². The first kappa shape index (κ1) is 17.9. The van der Waals surface area contributed by atoms with E-state index in [9.17, 15) is 4.79 Å². The molecule has 4 aromatic rings. The average Bonchev–Trinajstić information content (AvgIpc) is 3.32. The van der Waals surface area contributed by atoms with Gasteiger partial charge in [0.2, 0.25) is 5.95 Å². The van der Waals surface area contributed by atoms with E-state index in [1.165, 1.54) is 0 Å². The van der Waals surface area contributed by atoms with Gasteiger partial charge in [-0.05, 0) is 45.7 Å². The van der Waals surface area contributed by atoms with Crippen LogP contribution in [-0.4, -0.2) is 42.8 Å². The van der Waals surface area contributed by atoms with Gasteiger partial charge in [-0.15, -0.1) is 0 Å². The van der Waals surface area contributed by atoms with Crippen LogP contribution in [0.5, 0.6) is 0 Å². The first-order valence-electron chi connectivity index (χ1n) is 10.1. The minimum Gasteiger partial charge on any atom is -0.342 e. The maximum absolute atomic E-state index is 12.6. The second-order valence-electron chi connectivity index (χ2n) is 8.75. The van der Waals surface area contributed by atoms with Crippen LogP contribution in [0.1, 0.15) is 45.4 Å². The van der Waals surface area contributed by atoms with Gasteiger partial charge in [0.25, 0.3) is 5.56 Å². The molecule has 0 spiro atoms. The predicted octanol–water partition coefficient (Wildman–Crippen LogP) is 3.13. The van der Waals surface area contributed by atoms with Crippen LogP contribution in [0.4, 0.5) is 5.95 Å². The SMILES string of the molecule is CC(C)(C)n1ncc2c(=O)[nH]c(N3CCC(c4nc5ccccc5[nH]4)CC3)nc21. The van der Waals surface area contributed by atoms with Crippen molar-refractivity contribution in [2.75, 3.05) is 18.0 Å². The van der Waals surface area contributed by atoms with E-state index in [4.69, 9.17) is 9.97 Å². The van der Waals surface area contributed by atoms with Crippen molar-refractivity contribution in [3.05, 3.63) is 46.6 Å². The number of aromatic amines is 2. The Morgan fingerprint density at radius 2 is 1.83 bits per heavy atom. The standard InChI is InChI=1S/C21H25N7O/c1-21(2,3)28-18-14(12-22-28)19(29)26-20(25-18)27-10-8-13(9-11-27)17-23-15-6-4-5-7-16(15)24-17/h4-7,12-13H,8-11H2,1-3H3,(H,23,24)(H,25,26,29). The highest BCUT2D eigenvalue weighted by molar-refractivity contribution is 5.75. The molecule has 0 aliphatic carbocycles. The van der Waals surface area contributed by atoms with Gasteiger partial charge in [0.05, 0.1) is 22.8 Å². The molecule has 0 saturated carbocycles. The molecule has 8 heteroatoms. The molecular weight excluding hydrogens is 366 g/mol. The molecule has 2 N–H and O–H groups in total. The lowest BCUT2D eigenvalue weighted by molar-refractivity contribution is 0.365. The van der Waals surface area contributed by atoms with E-state index in [2.05, 4.69) is 46.8 Å². The molecule has 0 atom stereocenters. The molecule has 0 amide bonds. The van der Waals surface area contributed by atoms with Crippen molar-refractivity contribution < 1.29 is 0 Å². The summed E-state index contributed by atoms with van der Waals surface area (Å²) in [6.45, 7) is 7.81. The zero-order chi connectivity index (χ0) is 20.2. The topological polar surface area (TPSA) is 95.5 Å². The molecule has 3 aromatic heterocycles. The summed E-state index contributed by atoms with van der Waals surface area (Å²) in [6.07, 6.45) is 3.52. The fourth-order valence-corrected chi connectivity index (χ4v) is 4.08. The van der Waals surface area contributed by atoms with Crippen molar-refractivity contribution in [3.63, 3.8) is 0 Å². The summed E-state index contributed by atoms with van der Waals surface area (Å²) in [5.41, 5.74) is 2.35. The highest BCUT2D eigenvalue weighted by Crippen LogP contribution is 2.29. The number of anilines is 1. The predicted molar refractivity (Wildman–Crippen MR) is 113 cm³/mol.